The van der Waals surface area contributed by atoms with E-state index in [0.717, 1.165) is 4.47 Å². The molecule has 20 heavy (non-hydrogen) atoms. The van der Waals surface area contributed by atoms with E-state index in [1.165, 1.54) is 0 Å². The average molecular weight is 343 g/mol. The number of hydrogen-bond acceptors (Lipinski definition) is 2. The zero-order valence-electron chi connectivity index (χ0n) is 11.5. The van der Waals surface area contributed by atoms with Crippen LogP contribution in [-0.2, 0) is 4.79 Å². The molecular weight excluding hydrogens is 324 g/mol. The predicted octanol–water partition coefficient (Wildman–Crippen LogP) is 3.32. The van der Waals surface area contributed by atoms with Crippen molar-refractivity contribution in [2.45, 2.75) is 20.3 Å². The number of hydrogen-bond donors (Lipinski definition) is 3. The van der Waals surface area contributed by atoms with Crippen LogP contribution in [-0.4, -0.2) is 23.7 Å². The number of benzene rings is 1. The van der Waals surface area contributed by atoms with Crippen molar-refractivity contribution < 1.29 is 14.7 Å². The van der Waals surface area contributed by atoms with Gasteiger partial charge in [-0.05, 0) is 40.4 Å². The molecule has 0 aliphatic heterocycles. The number of aliphatic carboxylic acids is 1. The molecule has 0 aliphatic rings. The molecule has 1 unspecified atom stereocenters. The monoisotopic (exact) mass is 342 g/mol. The number of carboxylic acid groups (broad SMARTS) is 1. The minimum Gasteiger partial charge on any atom is -0.481 e. The van der Waals surface area contributed by atoms with Crippen molar-refractivity contribution >= 4 is 33.6 Å². The van der Waals surface area contributed by atoms with E-state index in [9.17, 15) is 9.59 Å². The van der Waals surface area contributed by atoms with E-state index in [4.69, 9.17) is 5.11 Å². The summed E-state index contributed by atoms with van der Waals surface area (Å²) < 4.78 is 0.770. The lowest BCUT2D eigenvalue weighted by Crippen LogP contribution is -2.36. The van der Waals surface area contributed by atoms with Crippen LogP contribution in [0.4, 0.5) is 10.5 Å². The molecule has 1 aromatic carbocycles. The third kappa shape index (κ3) is 5.61. The molecule has 1 rings (SSSR count). The van der Waals surface area contributed by atoms with Gasteiger partial charge in [0.2, 0.25) is 0 Å². The van der Waals surface area contributed by atoms with E-state index in [-0.39, 0.29) is 12.5 Å². The molecule has 0 heterocycles. The van der Waals surface area contributed by atoms with Gasteiger partial charge in [-0.1, -0.05) is 26.0 Å². The summed E-state index contributed by atoms with van der Waals surface area (Å²) >= 11 is 3.32. The molecule has 0 saturated carbocycles. The SMILES string of the molecule is CC(C)CC(CNC(=O)Nc1ccccc1Br)C(=O)O. The maximum Gasteiger partial charge on any atom is 0.319 e. The second-order valence-corrected chi connectivity index (χ2v) is 5.83. The number of halogens is 1. The number of para-hydroxylation sites is 1. The number of nitrogens with one attached hydrogen (secondary N) is 2. The van der Waals surface area contributed by atoms with Gasteiger partial charge in [0.1, 0.15) is 0 Å². The molecule has 0 fully saturated rings. The minimum absolute atomic E-state index is 0.115. The molecule has 0 radical (unpaired) electrons. The summed E-state index contributed by atoms with van der Waals surface area (Å²) in [6.45, 7) is 4.03. The fourth-order valence-corrected chi connectivity index (χ4v) is 2.17. The van der Waals surface area contributed by atoms with Gasteiger partial charge in [0.05, 0.1) is 11.6 Å². The zero-order valence-corrected chi connectivity index (χ0v) is 13.1. The van der Waals surface area contributed by atoms with Gasteiger partial charge < -0.3 is 15.7 Å². The number of carbonyl (C=O) groups is 2. The predicted molar refractivity (Wildman–Crippen MR) is 81.7 cm³/mol. The van der Waals surface area contributed by atoms with Gasteiger partial charge in [0.15, 0.2) is 0 Å². The van der Waals surface area contributed by atoms with Gasteiger partial charge in [0, 0.05) is 11.0 Å². The highest BCUT2D eigenvalue weighted by Gasteiger charge is 2.19. The molecule has 0 aromatic heterocycles. The smallest absolute Gasteiger partial charge is 0.319 e. The summed E-state index contributed by atoms with van der Waals surface area (Å²) in [5, 5.41) is 14.4. The van der Waals surface area contributed by atoms with Gasteiger partial charge in [-0.2, -0.15) is 0 Å². The van der Waals surface area contributed by atoms with E-state index in [2.05, 4.69) is 26.6 Å². The maximum absolute atomic E-state index is 11.7. The minimum atomic E-state index is -0.889. The van der Waals surface area contributed by atoms with Crippen molar-refractivity contribution in [2.75, 3.05) is 11.9 Å². The lowest BCUT2D eigenvalue weighted by atomic mass is 9.97. The molecule has 1 aromatic rings. The van der Waals surface area contributed by atoms with Crippen LogP contribution in [0.2, 0.25) is 0 Å². The molecule has 1 atom stereocenters. The van der Waals surface area contributed by atoms with E-state index in [1.54, 1.807) is 12.1 Å². The summed E-state index contributed by atoms with van der Waals surface area (Å²) in [6.07, 6.45) is 0.532. The number of anilines is 1. The summed E-state index contributed by atoms with van der Waals surface area (Å²) in [6, 6.07) is 6.81. The highest BCUT2D eigenvalue weighted by Crippen LogP contribution is 2.20. The quantitative estimate of drug-likeness (QED) is 0.741. The lowest BCUT2D eigenvalue weighted by Gasteiger charge is -2.16. The molecule has 0 saturated heterocycles. The van der Waals surface area contributed by atoms with Crippen LogP contribution >= 0.6 is 15.9 Å². The van der Waals surface area contributed by atoms with E-state index in [0.29, 0.717) is 12.1 Å². The third-order valence-electron chi connectivity index (χ3n) is 2.74. The topological polar surface area (TPSA) is 78.4 Å². The Hall–Kier alpha value is -1.56. The van der Waals surface area contributed by atoms with Crippen molar-refractivity contribution in [3.63, 3.8) is 0 Å². The normalized spacial score (nSPS) is 12.0. The van der Waals surface area contributed by atoms with Crippen LogP contribution in [0.25, 0.3) is 0 Å². The molecule has 3 N–H and O–H groups in total. The fourth-order valence-electron chi connectivity index (χ4n) is 1.79. The van der Waals surface area contributed by atoms with Gasteiger partial charge in [-0.15, -0.1) is 0 Å². The first-order valence-electron chi connectivity index (χ1n) is 6.42. The van der Waals surface area contributed by atoms with Crippen molar-refractivity contribution in [2.24, 2.45) is 11.8 Å². The molecule has 0 aliphatic carbocycles. The first-order valence-corrected chi connectivity index (χ1v) is 7.21. The maximum atomic E-state index is 11.7. The Balaban J connectivity index is 2.50. The van der Waals surface area contributed by atoms with Gasteiger partial charge in [-0.25, -0.2) is 4.79 Å². The third-order valence-corrected chi connectivity index (χ3v) is 3.43. The first kappa shape index (κ1) is 16.5. The summed E-state index contributed by atoms with van der Waals surface area (Å²) in [7, 11) is 0. The standard InChI is InChI=1S/C14H19BrN2O3/c1-9(2)7-10(13(18)19)8-16-14(20)17-12-6-4-3-5-11(12)15/h3-6,9-10H,7-8H2,1-2H3,(H,18,19)(H2,16,17,20). The molecule has 0 spiro atoms. The number of rotatable bonds is 6. The Bertz CT molecular complexity index is 477. The zero-order chi connectivity index (χ0) is 15.1. The Morgan fingerprint density at radius 1 is 1.30 bits per heavy atom. The van der Waals surface area contributed by atoms with Gasteiger partial charge >= 0.3 is 12.0 Å². The van der Waals surface area contributed by atoms with Crippen molar-refractivity contribution in [1.82, 2.24) is 5.32 Å². The van der Waals surface area contributed by atoms with Crippen molar-refractivity contribution in [3.8, 4) is 0 Å². The molecule has 5 nitrogen and oxygen atoms in total. The second-order valence-electron chi connectivity index (χ2n) is 4.98. The average Bonchev–Trinajstić information content (AvgIpc) is 2.36. The van der Waals surface area contributed by atoms with Crippen LogP contribution in [0.3, 0.4) is 0 Å². The number of carboxylic acids is 1. The summed E-state index contributed by atoms with van der Waals surface area (Å²) in [5.74, 6) is -1.19. The molecule has 110 valence electrons. The Labute approximate surface area is 126 Å². The van der Waals surface area contributed by atoms with Crippen LogP contribution < -0.4 is 10.6 Å². The first-order chi connectivity index (χ1) is 9.40. The van der Waals surface area contributed by atoms with Crippen molar-refractivity contribution in [3.05, 3.63) is 28.7 Å². The molecular formula is C14H19BrN2O3. The Morgan fingerprint density at radius 3 is 2.50 bits per heavy atom. The number of carbonyl (C=O) groups excluding carboxylic acids is 1. The number of amides is 2. The molecule has 2 amide bonds. The highest BCUT2D eigenvalue weighted by atomic mass is 79.9. The van der Waals surface area contributed by atoms with Crippen molar-refractivity contribution in [1.29, 1.82) is 0 Å². The lowest BCUT2D eigenvalue weighted by molar-refractivity contribution is -0.142. The highest BCUT2D eigenvalue weighted by molar-refractivity contribution is 9.10. The van der Waals surface area contributed by atoms with Crippen LogP contribution in [0.5, 0.6) is 0 Å². The van der Waals surface area contributed by atoms with Gasteiger partial charge in [-0.3, -0.25) is 4.79 Å². The second kappa shape index (κ2) is 7.89. The number of urea groups is 1. The largest absolute Gasteiger partial charge is 0.481 e. The Kier molecular flexibility index (Phi) is 6.51. The molecule has 6 heteroatoms. The van der Waals surface area contributed by atoms with Crippen LogP contribution in [0.15, 0.2) is 28.7 Å². The summed E-state index contributed by atoms with van der Waals surface area (Å²) in [5.41, 5.74) is 0.640. The molecule has 0 bridgehead atoms. The van der Waals surface area contributed by atoms with E-state index >= 15 is 0 Å². The van der Waals surface area contributed by atoms with E-state index in [1.807, 2.05) is 26.0 Å². The van der Waals surface area contributed by atoms with E-state index < -0.39 is 17.9 Å². The van der Waals surface area contributed by atoms with Gasteiger partial charge in [0.25, 0.3) is 0 Å². The Morgan fingerprint density at radius 2 is 1.95 bits per heavy atom. The van der Waals surface area contributed by atoms with Crippen LogP contribution in [0, 0.1) is 11.8 Å². The fraction of sp³-hybridized carbons (Fsp3) is 0.429. The van der Waals surface area contributed by atoms with Crippen LogP contribution in [0.1, 0.15) is 20.3 Å². The summed E-state index contributed by atoms with van der Waals surface area (Å²) in [4.78, 5) is 22.8.